The van der Waals surface area contributed by atoms with Gasteiger partial charge < -0.3 is 45.2 Å². The first-order chi connectivity index (χ1) is 20.9. The number of rotatable bonds is 21. The van der Waals surface area contributed by atoms with Crippen molar-refractivity contribution in [1.29, 1.82) is 0 Å². The first kappa shape index (κ1) is 38.2. The van der Waals surface area contributed by atoms with E-state index in [-0.39, 0.29) is 38.4 Å². The summed E-state index contributed by atoms with van der Waals surface area (Å²) in [6, 6.07) is -0.562. The van der Waals surface area contributed by atoms with Gasteiger partial charge in [0.25, 0.3) is 5.91 Å². The van der Waals surface area contributed by atoms with Crippen molar-refractivity contribution in [2.75, 3.05) is 77.1 Å². The summed E-state index contributed by atoms with van der Waals surface area (Å²) in [6.07, 6.45) is 0.828. The summed E-state index contributed by atoms with van der Waals surface area (Å²) in [5.41, 5.74) is -1.83. The van der Waals surface area contributed by atoms with Crippen molar-refractivity contribution in [3.8, 4) is 0 Å². The second-order valence-electron chi connectivity index (χ2n) is 10.1. The lowest BCUT2D eigenvalue weighted by Crippen LogP contribution is -2.80. The molecular formula is C24H47N5O12Si3. The Hall–Kier alpha value is -2.01. The Morgan fingerprint density at radius 2 is 1.07 bits per heavy atom. The molecule has 0 aliphatic carbocycles. The average Bonchev–Trinajstić information content (AvgIpc) is 3.36. The van der Waals surface area contributed by atoms with Crippen molar-refractivity contribution in [2.24, 2.45) is 0 Å². The first-order valence-corrected chi connectivity index (χ1v) is 19.8. The summed E-state index contributed by atoms with van der Waals surface area (Å²) in [4.78, 5) is 47.5. The fourth-order valence-electron chi connectivity index (χ4n) is 5.81. The Balaban J connectivity index is 2.53. The van der Waals surface area contributed by atoms with Gasteiger partial charge >= 0.3 is 44.3 Å². The van der Waals surface area contributed by atoms with Crippen molar-refractivity contribution in [3.63, 3.8) is 0 Å². The molecule has 2 fully saturated rings. The van der Waals surface area contributed by atoms with Crippen LogP contribution < -0.4 is 10.6 Å². The lowest BCUT2D eigenvalue weighted by molar-refractivity contribution is -0.146. The minimum atomic E-state index is -3.07. The summed E-state index contributed by atoms with van der Waals surface area (Å²) in [5.74, 6) is -2.75. The van der Waals surface area contributed by atoms with Crippen LogP contribution in [0.5, 0.6) is 0 Å². The van der Waals surface area contributed by atoms with E-state index in [1.54, 1.807) is 0 Å². The standard InChI is InChI=1S/C24H47N5O12Si3/c1-25-24-23(26-21(31)27-24,14-11-17-42(33-2,34-3)35-4)20(30)28(15-12-18-43(36-5,37-6)38-7)22(32)29(24)16-13-19-44(39-8,40-9)41-10/h11-19H2,2-10H3,(H2,26,27,31). The molecule has 0 bridgehead atoms. The number of imide groups is 1. The number of urea groups is 2. The second kappa shape index (κ2) is 16.0. The van der Waals surface area contributed by atoms with E-state index >= 15 is 0 Å². The molecule has 0 aromatic rings. The largest absolute Gasteiger partial charge is 0.500 e. The van der Waals surface area contributed by atoms with Gasteiger partial charge in [0.2, 0.25) is 5.54 Å². The fraction of sp³-hybridized carbons (Fsp3) is 0.833. The molecule has 2 atom stereocenters. The number of hydrogen-bond donors (Lipinski definition) is 2. The Morgan fingerprint density at radius 3 is 1.48 bits per heavy atom. The van der Waals surface area contributed by atoms with E-state index in [4.69, 9.17) is 46.4 Å². The Bertz CT molecular complexity index is 1020. The summed E-state index contributed by atoms with van der Waals surface area (Å²) >= 11 is 0. The third-order valence-corrected chi connectivity index (χ3v) is 16.9. The molecule has 44 heavy (non-hydrogen) atoms. The first-order valence-electron chi connectivity index (χ1n) is 14.0. The number of fused-ring (bicyclic) bond motifs is 1. The van der Waals surface area contributed by atoms with Crippen LogP contribution in [0.2, 0.25) is 18.1 Å². The zero-order chi connectivity index (χ0) is 33.2. The number of carbonyl (C=O) groups is 3. The van der Waals surface area contributed by atoms with Crippen LogP contribution >= 0.6 is 0 Å². The predicted molar refractivity (Wildman–Crippen MR) is 161 cm³/mol. The third-order valence-electron chi connectivity index (χ3n) is 8.40. The molecule has 2 rings (SSSR count). The average molecular weight is 682 g/mol. The van der Waals surface area contributed by atoms with Crippen molar-refractivity contribution in [3.05, 3.63) is 11.4 Å². The zero-order valence-electron chi connectivity index (χ0n) is 27.1. The van der Waals surface area contributed by atoms with E-state index in [0.717, 1.165) is 4.90 Å². The van der Waals surface area contributed by atoms with E-state index in [0.29, 0.717) is 18.5 Å². The van der Waals surface area contributed by atoms with Gasteiger partial charge in [-0.1, -0.05) is 0 Å². The minimum Gasteiger partial charge on any atom is -0.377 e. The van der Waals surface area contributed by atoms with Crippen molar-refractivity contribution in [1.82, 2.24) is 20.4 Å². The zero-order valence-corrected chi connectivity index (χ0v) is 30.1. The van der Waals surface area contributed by atoms with Gasteiger partial charge in [-0.15, -0.1) is 0 Å². The molecule has 0 aromatic carbocycles. The fourth-order valence-corrected chi connectivity index (χ4v) is 10.9. The lowest BCUT2D eigenvalue weighted by Gasteiger charge is -2.48. The van der Waals surface area contributed by atoms with Gasteiger partial charge in [-0.2, -0.15) is 0 Å². The van der Waals surface area contributed by atoms with Crippen LogP contribution in [-0.4, -0.2) is 143 Å². The van der Waals surface area contributed by atoms with E-state index in [1.807, 2.05) is 0 Å². The highest BCUT2D eigenvalue weighted by Crippen LogP contribution is 2.43. The molecule has 20 heteroatoms. The second-order valence-corrected chi connectivity index (χ2v) is 19.4. The van der Waals surface area contributed by atoms with Crippen molar-refractivity contribution in [2.45, 2.75) is 55.1 Å². The Morgan fingerprint density at radius 1 is 0.659 bits per heavy atom. The SMILES string of the molecule is [C-]#[N+]C12NC(=O)NC1(CCC[Si](OC)(OC)OC)C(=O)N(CCC[Si](OC)(OC)OC)C(=O)N2CCC[Si](OC)(OC)OC. The van der Waals surface area contributed by atoms with E-state index in [1.165, 1.54) is 68.9 Å². The van der Waals surface area contributed by atoms with E-state index in [9.17, 15) is 14.4 Å². The number of nitrogens with zero attached hydrogens (tertiary/aromatic N) is 3. The highest BCUT2D eigenvalue weighted by atomic mass is 28.4. The Labute approximate surface area is 262 Å². The smallest absolute Gasteiger partial charge is 0.377 e. The quantitative estimate of drug-likeness (QED) is 0.131. The van der Waals surface area contributed by atoms with Crippen LogP contribution in [0.4, 0.5) is 9.59 Å². The van der Waals surface area contributed by atoms with Crippen LogP contribution in [-0.2, 0) is 44.6 Å². The Kier molecular flexibility index (Phi) is 13.9. The highest BCUT2D eigenvalue weighted by Gasteiger charge is 2.77. The van der Waals surface area contributed by atoms with Gasteiger partial charge in [0.1, 0.15) is 0 Å². The van der Waals surface area contributed by atoms with Gasteiger partial charge in [-0.25, -0.2) is 26.4 Å². The van der Waals surface area contributed by atoms with E-state index in [2.05, 4.69) is 15.5 Å². The van der Waals surface area contributed by atoms with Crippen LogP contribution in [0.3, 0.4) is 0 Å². The van der Waals surface area contributed by atoms with Gasteiger partial charge in [0.15, 0.2) is 0 Å². The molecule has 252 valence electrons. The van der Waals surface area contributed by atoms with Gasteiger partial charge in [-0.05, 0) is 25.7 Å². The summed E-state index contributed by atoms with van der Waals surface area (Å²) < 4.78 is 49.7. The maximum absolute atomic E-state index is 14.4. The molecule has 2 aliphatic rings. The van der Waals surface area contributed by atoms with Crippen LogP contribution in [0, 0.1) is 6.57 Å². The van der Waals surface area contributed by atoms with E-state index < -0.39 is 55.7 Å². The van der Waals surface area contributed by atoms with Crippen molar-refractivity contribution >= 4 is 44.4 Å². The van der Waals surface area contributed by atoms with Crippen LogP contribution in [0.1, 0.15) is 25.7 Å². The molecule has 0 radical (unpaired) electrons. The van der Waals surface area contributed by atoms with Gasteiger partial charge in [0.05, 0.1) is 0 Å². The predicted octanol–water partition coefficient (Wildman–Crippen LogP) is 1.07. The molecule has 5 amide bonds. The number of hydrogen-bond acceptors (Lipinski definition) is 12. The maximum Gasteiger partial charge on any atom is 0.500 e. The molecule has 2 saturated heterocycles. The van der Waals surface area contributed by atoms with Gasteiger partial charge in [0, 0.05) is 95.2 Å². The minimum absolute atomic E-state index is 0.0145. The number of amides is 5. The topological polar surface area (TPSA) is 169 Å². The molecule has 0 aromatic heterocycles. The molecule has 17 nitrogen and oxygen atoms in total. The summed E-state index contributed by atoms with van der Waals surface area (Å²) in [5, 5.41) is 5.34. The lowest BCUT2D eigenvalue weighted by atomic mass is 9.82. The van der Waals surface area contributed by atoms with Gasteiger partial charge in [-0.3, -0.25) is 14.5 Å². The summed E-state index contributed by atoms with van der Waals surface area (Å²) in [6.45, 7) is 8.21. The molecule has 2 aliphatic heterocycles. The molecule has 2 N–H and O–H groups in total. The monoisotopic (exact) mass is 681 g/mol. The molecule has 0 spiro atoms. The summed E-state index contributed by atoms with van der Waals surface area (Å²) in [7, 11) is 4.15. The highest BCUT2D eigenvalue weighted by molar-refractivity contribution is 6.61. The molecule has 0 saturated carbocycles. The van der Waals surface area contributed by atoms with Crippen LogP contribution in [0.15, 0.2) is 0 Å². The molecule has 2 unspecified atom stereocenters. The third kappa shape index (κ3) is 7.03. The maximum atomic E-state index is 14.4. The molecule has 2 heterocycles. The number of nitrogens with one attached hydrogen (secondary N) is 2. The van der Waals surface area contributed by atoms with Crippen LogP contribution in [0.25, 0.3) is 4.85 Å². The van der Waals surface area contributed by atoms with Crippen molar-refractivity contribution < 1.29 is 54.2 Å². The number of carbonyl (C=O) groups excluding carboxylic acids is 3. The normalized spacial score (nSPS) is 22.6. The molecular weight excluding hydrogens is 635 g/mol.